The molecule has 3 heteroatoms. The van der Waals surface area contributed by atoms with Crippen LogP contribution in [0.5, 0.6) is 0 Å². The second kappa shape index (κ2) is 3.44. The Morgan fingerprint density at radius 1 is 1.67 bits per heavy atom. The van der Waals surface area contributed by atoms with E-state index in [1.165, 1.54) is 0 Å². The third-order valence-electron chi connectivity index (χ3n) is 2.87. The van der Waals surface area contributed by atoms with Crippen molar-refractivity contribution in [3.05, 3.63) is 0 Å². The van der Waals surface area contributed by atoms with Crippen LogP contribution in [0.3, 0.4) is 0 Å². The number of ether oxygens (including phenoxy) is 1. The Bertz CT molecular complexity index is 173. The molecule has 1 unspecified atom stereocenters. The van der Waals surface area contributed by atoms with Crippen molar-refractivity contribution in [3.8, 4) is 0 Å². The number of hydrogen-bond donors (Lipinski definition) is 1. The van der Waals surface area contributed by atoms with Gasteiger partial charge in [0.2, 0.25) is 0 Å². The van der Waals surface area contributed by atoms with E-state index in [9.17, 15) is 4.79 Å². The molecule has 3 nitrogen and oxygen atoms in total. The Balaban J connectivity index is 2.60. The van der Waals surface area contributed by atoms with Crippen molar-refractivity contribution in [1.29, 1.82) is 0 Å². The molecule has 0 spiro atoms. The zero-order valence-electron chi connectivity index (χ0n) is 7.67. The van der Waals surface area contributed by atoms with Gasteiger partial charge in [-0.2, -0.15) is 0 Å². The van der Waals surface area contributed by atoms with Crippen LogP contribution in [0.1, 0.15) is 33.1 Å². The zero-order valence-corrected chi connectivity index (χ0v) is 7.67. The highest BCUT2D eigenvalue weighted by molar-refractivity contribution is 5.76. The van der Waals surface area contributed by atoms with E-state index in [4.69, 9.17) is 9.84 Å². The van der Waals surface area contributed by atoms with E-state index >= 15 is 0 Å². The maximum absolute atomic E-state index is 10.9. The van der Waals surface area contributed by atoms with Gasteiger partial charge < -0.3 is 9.84 Å². The minimum absolute atomic E-state index is 0.145. The Morgan fingerprint density at radius 3 is 2.50 bits per heavy atom. The molecular formula is C9H16O3. The normalized spacial score (nSPS) is 22.8. The van der Waals surface area contributed by atoms with Crippen LogP contribution in [0.15, 0.2) is 0 Å². The molecule has 0 amide bonds. The van der Waals surface area contributed by atoms with Crippen molar-refractivity contribution in [1.82, 2.24) is 0 Å². The van der Waals surface area contributed by atoms with Crippen LogP contribution >= 0.6 is 0 Å². The fraction of sp³-hybridized carbons (Fsp3) is 0.889. The standard InChI is InChI=1S/C9H16O3/c1-3-12-7(2)9(8(10)11)5-4-6-9/h7H,3-6H2,1-2H3,(H,10,11). The van der Waals surface area contributed by atoms with Gasteiger partial charge in [0.25, 0.3) is 0 Å². The summed E-state index contributed by atoms with van der Waals surface area (Å²) >= 11 is 0. The molecule has 0 aliphatic heterocycles. The molecule has 1 rings (SSSR count). The molecule has 70 valence electrons. The Morgan fingerprint density at radius 2 is 2.25 bits per heavy atom. The monoisotopic (exact) mass is 172 g/mol. The Kier molecular flexibility index (Phi) is 2.73. The smallest absolute Gasteiger partial charge is 0.312 e. The molecule has 0 aromatic carbocycles. The average Bonchev–Trinajstić information content (AvgIpc) is 1.83. The van der Waals surface area contributed by atoms with Crippen molar-refractivity contribution in [2.75, 3.05) is 6.61 Å². The summed E-state index contributed by atoms with van der Waals surface area (Å²) in [6, 6.07) is 0. The van der Waals surface area contributed by atoms with Gasteiger partial charge in [-0.15, -0.1) is 0 Å². The van der Waals surface area contributed by atoms with Crippen LogP contribution < -0.4 is 0 Å². The first-order valence-electron chi connectivity index (χ1n) is 4.48. The number of rotatable bonds is 4. The van der Waals surface area contributed by atoms with Crippen molar-refractivity contribution >= 4 is 5.97 Å². The van der Waals surface area contributed by atoms with Crippen LogP contribution in [-0.4, -0.2) is 23.8 Å². The van der Waals surface area contributed by atoms with Crippen LogP contribution in [0, 0.1) is 5.41 Å². The van der Waals surface area contributed by atoms with Gasteiger partial charge in [-0.1, -0.05) is 6.42 Å². The number of aliphatic carboxylic acids is 1. The highest BCUT2D eigenvalue weighted by Crippen LogP contribution is 2.45. The highest BCUT2D eigenvalue weighted by Gasteiger charge is 2.49. The first-order chi connectivity index (χ1) is 5.63. The molecule has 1 atom stereocenters. The zero-order chi connectivity index (χ0) is 9.19. The second-order valence-corrected chi connectivity index (χ2v) is 3.41. The van der Waals surface area contributed by atoms with Gasteiger partial charge in [-0.05, 0) is 26.7 Å². The molecule has 0 radical (unpaired) electrons. The van der Waals surface area contributed by atoms with E-state index in [1.54, 1.807) is 0 Å². The lowest BCUT2D eigenvalue weighted by Gasteiger charge is -2.42. The number of carbonyl (C=O) groups is 1. The van der Waals surface area contributed by atoms with Gasteiger partial charge in [-0.25, -0.2) is 0 Å². The molecule has 1 fully saturated rings. The Hall–Kier alpha value is -0.570. The fourth-order valence-corrected chi connectivity index (χ4v) is 1.76. The number of carboxylic acid groups (broad SMARTS) is 1. The quantitative estimate of drug-likeness (QED) is 0.701. The van der Waals surface area contributed by atoms with Gasteiger partial charge in [0.05, 0.1) is 11.5 Å². The molecule has 1 N–H and O–H groups in total. The molecule has 0 aromatic heterocycles. The predicted molar refractivity (Wildman–Crippen MR) is 45.0 cm³/mol. The lowest BCUT2D eigenvalue weighted by atomic mass is 9.65. The van der Waals surface area contributed by atoms with Crippen molar-refractivity contribution < 1.29 is 14.6 Å². The maximum Gasteiger partial charge on any atom is 0.312 e. The van der Waals surface area contributed by atoms with Gasteiger partial charge in [0.1, 0.15) is 0 Å². The third-order valence-corrected chi connectivity index (χ3v) is 2.87. The molecule has 1 saturated carbocycles. The Labute approximate surface area is 72.7 Å². The number of carboxylic acids is 1. The molecule has 12 heavy (non-hydrogen) atoms. The van der Waals surface area contributed by atoms with Crippen LogP contribution in [0.4, 0.5) is 0 Å². The highest BCUT2D eigenvalue weighted by atomic mass is 16.5. The van der Waals surface area contributed by atoms with Crippen molar-refractivity contribution in [2.24, 2.45) is 5.41 Å². The molecule has 0 aromatic rings. The largest absolute Gasteiger partial charge is 0.481 e. The summed E-state index contributed by atoms with van der Waals surface area (Å²) in [6.45, 7) is 4.34. The summed E-state index contributed by atoms with van der Waals surface area (Å²) in [4.78, 5) is 10.9. The predicted octanol–water partition coefficient (Wildman–Crippen LogP) is 1.67. The average molecular weight is 172 g/mol. The first-order valence-corrected chi connectivity index (χ1v) is 4.48. The van der Waals surface area contributed by atoms with E-state index in [-0.39, 0.29) is 6.10 Å². The minimum atomic E-state index is -0.699. The van der Waals surface area contributed by atoms with E-state index in [0.29, 0.717) is 6.61 Å². The summed E-state index contributed by atoms with van der Waals surface area (Å²) in [5.41, 5.74) is -0.573. The SMILES string of the molecule is CCOC(C)C1(C(=O)O)CCC1. The van der Waals surface area contributed by atoms with E-state index in [0.717, 1.165) is 19.3 Å². The maximum atomic E-state index is 10.9. The minimum Gasteiger partial charge on any atom is -0.481 e. The molecular weight excluding hydrogens is 156 g/mol. The summed E-state index contributed by atoms with van der Waals surface area (Å²) in [6.07, 6.45) is 2.41. The van der Waals surface area contributed by atoms with Gasteiger partial charge >= 0.3 is 5.97 Å². The topological polar surface area (TPSA) is 46.5 Å². The first kappa shape index (κ1) is 9.52. The summed E-state index contributed by atoms with van der Waals surface area (Å²) < 4.78 is 5.33. The summed E-state index contributed by atoms with van der Waals surface area (Å²) in [5.74, 6) is -0.699. The van der Waals surface area contributed by atoms with Gasteiger partial charge in [0, 0.05) is 6.61 Å². The number of hydrogen-bond acceptors (Lipinski definition) is 2. The van der Waals surface area contributed by atoms with Crippen molar-refractivity contribution in [3.63, 3.8) is 0 Å². The van der Waals surface area contributed by atoms with Gasteiger partial charge in [0.15, 0.2) is 0 Å². The molecule has 0 bridgehead atoms. The lowest BCUT2D eigenvalue weighted by Crippen LogP contribution is -2.47. The molecule has 0 saturated heterocycles. The van der Waals surface area contributed by atoms with E-state index in [2.05, 4.69) is 0 Å². The third kappa shape index (κ3) is 1.33. The second-order valence-electron chi connectivity index (χ2n) is 3.41. The van der Waals surface area contributed by atoms with Crippen molar-refractivity contribution in [2.45, 2.75) is 39.2 Å². The van der Waals surface area contributed by atoms with E-state index in [1.807, 2.05) is 13.8 Å². The van der Waals surface area contributed by atoms with Crippen LogP contribution in [0.2, 0.25) is 0 Å². The van der Waals surface area contributed by atoms with Crippen LogP contribution in [0.25, 0.3) is 0 Å². The van der Waals surface area contributed by atoms with Crippen LogP contribution in [-0.2, 0) is 9.53 Å². The molecule has 1 aliphatic rings. The van der Waals surface area contributed by atoms with E-state index < -0.39 is 11.4 Å². The lowest BCUT2D eigenvalue weighted by molar-refractivity contribution is -0.168. The molecule has 0 heterocycles. The molecule has 1 aliphatic carbocycles. The summed E-state index contributed by atoms with van der Waals surface area (Å²) in [7, 11) is 0. The fourth-order valence-electron chi connectivity index (χ4n) is 1.76. The summed E-state index contributed by atoms with van der Waals surface area (Å²) in [5, 5.41) is 9.00. The van der Waals surface area contributed by atoms with Gasteiger partial charge in [-0.3, -0.25) is 4.79 Å².